The molecule has 0 saturated carbocycles. The molecule has 0 fully saturated rings. The zero-order valence-electron chi connectivity index (χ0n) is 10.2. The summed E-state index contributed by atoms with van der Waals surface area (Å²) in [6.45, 7) is 5.99. The predicted octanol–water partition coefficient (Wildman–Crippen LogP) is 1.61. The summed E-state index contributed by atoms with van der Waals surface area (Å²) in [7, 11) is 2.00. The number of hydrogen-bond donors (Lipinski definition) is 1. The normalized spacial score (nSPS) is 12.5. The molecule has 0 amide bonds. The molecule has 0 saturated heterocycles. The van der Waals surface area contributed by atoms with Gasteiger partial charge in [0.1, 0.15) is 0 Å². The first-order valence-corrected chi connectivity index (χ1v) is 5.58. The minimum Gasteiger partial charge on any atom is -0.387 e. The summed E-state index contributed by atoms with van der Waals surface area (Å²) in [5, 5.41) is 9.33. The molecule has 1 aromatic rings. The smallest absolute Gasteiger partial charge is 0.0931 e. The lowest BCUT2D eigenvalue weighted by molar-refractivity contribution is 0.154. The molecule has 16 heavy (non-hydrogen) atoms. The van der Waals surface area contributed by atoms with Gasteiger partial charge in [-0.05, 0) is 26.0 Å². The van der Waals surface area contributed by atoms with E-state index < -0.39 is 6.10 Å². The molecule has 0 spiro atoms. The van der Waals surface area contributed by atoms with Crippen molar-refractivity contribution in [3.63, 3.8) is 0 Å². The fraction of sp³-hybridized carbons (Fsp3) is 0.583. The van der Waals surface area contributed by atoms with Crippen LogP contribution in [0.15, 0.2) is 18.3 Å². The van der Waals surface area contributed by atoms with E-state index >= 15 is 0 Å². The first kappa shape index (κ1) is 12.9. The minimum absolute atomic E-state index is 0.511. The molecule has 1 N–H and O–H groups in total. The number of nitrogens with zero attached hydrogens (tertiary/aromatic N) is 2. The second kappa shape index (κ2) is 6.45. The van der Waals surface area contributed by atoms with Gasteiger partial charge in [0, 0.05) is 20.2 Å². The number of ether oxygens (including phenoxy) is 1. The van der Waals surface area contributed by atoms with Crippen LogP contribution in [-0.4, -0.2) is 36.9 Å². The molecule has 0 aliphatic rings. The summed E-state index contributed by atoms with van der Waals surface area (Å²) in [5.41, 5.74) is 1.73. The fourth-order valence-electron chi connectivity index (χ4n) is 1.35. The Hall–Kier alpha value is -1.13. The van der Waals surface area contributed by atoms with Gasteiger partial charge >= 0.3 is 0 Å². The molecule has 0 bridgehead atoms. The Labute approximate surface area is 96.9 Å². The highest BCUT2D eigenvalue weighted by Crippen LogP contribution is 2.14. The van der Waals surface area contributed by atoms with Gasteiger partial charge in [0.15, 0.2) is 0 Å². The van der Waals surface area contributed by atoms with E-state index in [1.807, 2.05) is 26.1 Å². The number of anilines is 1. The topological polar surface area (TPSA) is 45.6 Å². The van der Waals surface area contributed by atoms with E-state index in [0.717, 1.165) is 18.8 Å². The van der Waals surface area contributed by atoms with Crippen LogP contribution in [0.4, 0.5) is 5.69 Å². The Kier molecular flexibility index (Phi) is 5.22. The number of rotatable bonds is 6. The third-order valence-electron chi connectivity index (χ3n) is 2.41. The van der Waals surface area contributed by atoms with E-state index in [1.165, 1.54) is 0 Å². The van der Waals surface area contributed by atoms with Crippen LogP contribution < -0.4 is 4.90 Å². The average Bonchev–Trinajstić information content (AvgIpc) is 2.29. The fourth-order valence-corrected chi connectivity index (χ4v) is 1.35. The Morgan fingerprint density at radius 2 is 2.25 bits per heavy atom. The van der Waals surface area contributed by atoms with Crippen molar-refractivity contribution in [2.75, 3.05) is 31.7 Å². The molecule has 90 valence electrons. The molecule has 1 heterocycles. The largest absolute Gasteiger partial charge is 0.387 e. The highest BCUT2D eigenvalue weighted by atomic mass is 16.5. The molecule has 1 unspecified atom stereocenters. The Morgan fingerprint density at radius 1 is 1.50 bits per heavy atom. The van der Waals surface area contributed by atoms with Crippen molar-refractivity contribution >= 4 is 5.69 Å². The molecule has 1 atom stereocenters. The summed E-state index contributed by atoms with van der Waals surface area (Å²) >= 11 is 0. The van der Waals surface area contributed by atoms with Crippen LogP contribution in [0.3, 0.4) is 0 Å². The Morgan fingerprint density at radius 3 is 2.75 bits per heavy atom. The van der Waals surface area contributed by atoms with E-state index in [9.17, 15) is 5.11 Å². The van der Waals surface area contributed by atoms with Crippen molar-refractivity contribution < 1.29 is 9.84 Å². The third kappa shape index (κ3) is 3.79. The van der Waals surface area contributed by atoms with Gasteiger partial charge in [-0.1, -0.05) is 0 Å². The standard InChI is InChI=1S/C12H20N2O2/c1-4-16-8-7-14(3)11-5-6-12(10(2)15)13-9-11/h5-6,9-10,15H,4,7-8H2,1-3H3. The van der Waals surface area contributed by atoms with E-state index in [4.69, 9.17) is 4.74 Å². The molecule has 1 rings (SSSR count). The molecule has 1 aromatic heterocycles. The van der Waals surface area contributed by atoms with Crippen LogP contribution in [0.5, 0.6) is 0 Å². The molecule has 0 radical (unpaired) electrons. The molecular formula is C12H20N2O2. The second-order valence-corrected chi connectivity index (χ2v) is 3.74. The van der Waals surface area contributed by atoms with Crippen LogP contribution in [0.2, 0.25) is 0 Å². The predicted molar refractivity (Wildman–Crippen MR) is 64.6 cm³/mol. The number of aliphatic hydroxyl groups is 1. The molecule has 0 aliphatic heterocycles. The van der Waals surface area contributed by atoms with Gasteiger partial charge in [0.2, 0.25) is 0 Å². The van der Waals surface area contributed by atoms with Crippen molar-refractivity contribution in [1.82, 2.24) is 4.98 Å². The SMILES string of the molecule is CCOCCN(C)c1ccc(C(C)O)nc1. The molecule has 4 nitrogen and oxygen atoms in total. The number of aliphatic hydroxyl groups excluding tert-OH is 1. The van der Waals surface area contributed by atoms with Crippen LogP contribution in [0.25, 0.3) is 0 Å². The summed E-state index contributed by atoms with van der Waals surface area (Å²) in [5.74, 6) is 0. The van der Waals surface area contributed by atoms with E-state index in [0.29, 0.717) is 12.3 Å². The van der Waals surface area contributed by atoms with Gasteiger partial charge in [-0.15, -0.1) is 0 Å². The number of hydrogen-bond acceptors (Lipinski definition) is 4. The number of pyridine rings is 1. The third-order valence-corrected chi connectivity index (χ3v) is 2.41. The van der Waals surface area contributed by atoms with Crippen molar-refractivity contribution in [2.45, 2.75) is 20.0 Å². The van der Waals surface area contributed by atoms with Crippen molar-refractivity contribution in [3.05, 3.63) is 24.0 Å². The van der Waals surface area contributed by atoms with E-state index in [-0.39, 0.29) is 0 Å². The maximum absolute atomic E-state index is 9.33. The highest BCUT2D eigenvalue weighted by Gasteiger charge is 2.04. The van der Waals surface area contributed by atoms with Crippen molar-refractivity contribution in [1.29, 1.82) is 0 Å². The molecule has 0 aliphatic carbocycles. The number of likely N-dealkylation sites (N-methyl/N-ethyl adjacent to an activating group) is 1. The van der Waals surface area contributed by atoms with E-state index in [1.54, 1.807) is 13.1 Å². The maximum Gasteiger partial charge on any atom is 0.0931 e. The summed E-state index contributed by atoms with van der Waals surface area (Å²) < 4.78 is 5.29. The lowest BCUT2D eigenvalue weighted by atomic mass is 10.2. The van der Waals surface area contributed by atoms with Crippen molar-refractivity contribution in [2.24, 2.45) is 0 Å². The van der Waals surface area contributed by atoms with Gasteiger partial charge in [-0.2, -0.15) is 0 Å². The monoisotopic (exact) mass is 224 g/mol. The zero-order chi connectivity index (χ0) is 12.0. The average molecular weight is 224 g/mol. The lowest BCUT2D eigenvalue weighted by Gasteiger charge is -2.19. The Balaban J connectivity index is 2.52. The Bertz CT molecular complexity index is 298. The highest BCUT2D eigenvalue weighted by molar-refractivity contribution is 5.43. The van der Waals surface area contributed by atoms with Gasteiger partial charge < -0.3 is 14.7 Å². The molecular weight excluding hydrogens is 204 g/mol. The van der Waals surface area contributed by atoms with Gasteiger partial charge in [-0.25, -0.2) is 0 Å². The summed E-state index contributed by atoms with van der Waals surface area (Å²) in [6.07, 6.45) is 1.26. The van der Waals surface area contributed by atoms with Crippen LogP contribution in [0.1, 0.15) is 25.6 Å². The van der Waals surface area contributed by atoms with Crippen LogP contribution >= 0.6 is 0 Å². The number of aromatic nitrogens is 1. The second-order valence-electron chi connectivity index (χ2n) is 3.74. The quantitative estimate of drug-likeness (QED) is 0.746. The minimum atomic E-state index is -0.511. The van der Waals surface area contributed by atoms with Crippen LogP contribution in [0, 0.1) is 0 Å². The lowest BCUT2D eigenvalue weighted by Crippen LogP contribution is -2.22. The maximum atomic E-state index is 9.33. The van der Waals surface area contributed by atoms with Crippen LogP contribution in [-0.2, 0) is 4.74 Å². The van der Waals surface area contributed by atoms with E-state index in [2.05, 4.69) is 9.88 Å². The molecule has 0 aromatic carbocycles. The first-order chi connectivity index (χ1) is 7.65. The zero-order valence-corrected chi connectivity index (χ0v) is 10.2. The van der Waals surface area contributed by atoms with Crippen molar-refractivity contribution in [3.8, 4) is 0 Å². The van der Waals surface area contributed by atoms with Gasteiger partial charge in [-0.3, -0.25) is 4.98 Å². The van der Waals surface area contributed by atoms with Gasteiger partial charge in [0.25, 0.3) is 0 Å². The first-order valence-electron chi connectivity index (χ1n) is 5.58. The summed E-state index contributed by atoms with van der Waals surface area (Å²) in [4.78, 5) is 6.27. The summed E-state index contributed by atoms with van der Waals surface area (Å²) in [6, 6.07) is 3.80. The molecule has 4 heteroatoms. The van der Waals surface area contributed by atoms with Gasteiger partial charge in [0.05, 0.1) is 30.3 Å².